The number of rotatable bonds is 7. The normalized spacial score (nSPS) is 17.2. The molecule has 0 aromatic heterocycles. The maximum atomic E-state index is 12.0. The maximum Gasteiger partial charge on any atom is 0.220 e. The first-order valence-electron chi connectivity index (χ1n) is 8.37. The van der Waals surface area contributed by atoms with Gasteiger partial charge < -0.3 is 10.6 Å². The molecule has 122 valence electrons. The van der Waals surface area contributed by atoms with Crippen LogP contribution in [0.5, 0.6) is 0 Å². The van der Waals surface area contributed by atoms with Crippen LogP contribution in [0.4, 0.5) is 0 Å². The number of piperidine rings is 1. The molecule has 2 N–H and O–H groups in total. The van der Waals surface area contributed by atoms with Gasteiger partial charge in [0.15, 0.2) is 0 Å². The van der Waals surface area contributed by atoms with E-state index in [0.29, 0.717) is 18.3 Å². The van der Waals surface area contributed by atoms with Gasteiger partial charge in [-0.25, -0.2) is 0 Å². The molecule has 1 fully saturated rings. The minimum absolute atomic E-state index is 0.196. The van der Waals surface area contributed by atoms with Crippen LogP contribution in [-0.4, -0.2) is 25.5 Å². The third-order valence-electron chi connectivity index (χ3n) is 4.57. The highest BCUT2D eigenvalue weighted by molar-refractivity contribution is 6.30. The molecule has 1 amide bonds. The summed E-state index contributed by atoms with van der Waals surface area (Å²) in [6.07, 6.45) is 5.00. The van der Waals surface area contributed by atoms with Gasteiger partial charge in [-0.15, -0.1) is 0 Å². The number of nitrogens with one attached hydrogen (secondary N) is 2. The molecule has 3 nitrogen and oxygen atoms in total. The topological polar surface area (TPSA) is 41.1 Å². The molecule has 1 atom stereocenters. The Hall–Kier alpha value is -1.06. The predicted molar refractivity (Wildman–Crippen MR) is 92.2 cm³/mol. The summed E-state index contributed by atoms with van der Waals surface area (Å²) in [5.74, 6) is 1.38. The van der Waals surface area contributed by atoms with Gasteiger partial charge in [-0.3, -0.25) is 4.79 Å². The van der Waals surface area contributed by atoms with Crippen molar-refractivity contribution in [3.8, 4) is 0 Å². The first-order chi connectivity index (χ1) is 10.6. The van der Waals surface area contributed by atoms with E-state index >= 15 is 0 Å². The summed E-state index contributed by atoms with van der Waals surface area (Å²) in [5.41, 5.74) is 1.27. The van der Waals surface area contributed by atoms with Gasteiger partial charge in [0.2, 0.25) is 5.91 Å². The molecular formula is C18H27ClN2O. The average molecular weight is 323 g/mol. The molecule has 0 aliphatic carbocycles. The van der Waals surface area contributed by atoms with Gasteiger partial charge in [0.1, 0.15) is 0 Å². The van der Waals surface area contributed by atoms with Crippen molar-refractivity contribution in [2.45, 2.75) is 39.0 Å². The van der Waals surface area contributed by atoms with Gasteiger partial charge in [-0.05, 0) is 68.3 Å². The molecule has 22 heavy (non-hydrogen) atoms. The first-order valence-corrected chi connectivity index (χ1v) is 8.75. The number of aryl methyl sites for hydroxylation is 1. The predicted octanol–water partition coefficient (Wildman–Crippen LogP) is 3.41. The summed E-state index contributed by atoms with van der Waals surface area (Å²) in [5, 5.41) is 7.20. The first kappa shape index (κ1) is 17.3. The Morgan fingerprint density at radius 3 is 2.68 bits per heavy atom. The van der Waals surface area contributed by atoms with Crippen LogP contribution >= 0.6 is 11.6 Å². The number of carbonyl (C=O) groups is 1. The minimum Gasteiger partial charge on any atom is -0.356 e. The van der Waals surface area contributed by atoms with E-state index in [0.717, 1.165) is 37.5 Å². The summed E-state index contributed by atoms with van der Waals surface area (Å²) >= 11 is 5.87. The standard InChI is InChI=1S/C18H27ClN2O/c1-14(16-8-11-20-12-9-16)13-18(22)21-10-2-3-15-4-6-17(19)7-5-15/h4-7,14,16,20H,2-3,8-13H2,1H3,(H,21,22). The van der Waals surface area contributed by atoms with Crippen LogP contribution in [0.25, 0.3) is 0 Å². The lowest BCUT2D eigenvalue weighted by Gasteiger charge is -2.27. The third-order valence-corrected chi connectivity index (χ3v) is 4.83. The maximum absolute atomic E-state index is 12.0. The second-order valence-corrected chi connectivity index (χ2v) is 6.79. The number of benzene rings is 1. The van der Waals surface area contributed by atoms with E-state index in [-0.39, 0.29) is 5.91 Å². The molecule has 1 aliphatic rings. The number of hydrogen-bond donors (Lipinski definition) is 2. The second-order valence-electron chi connectivity index (χ2n) is 6.35. The molecule has 0 saturated carbocycles. The Balaban J connectivity index is 1.60. The molecule has 2 rings (SSSR count). The minimum atomic E-state index is 0.196. The van der Waals surface area contributed by atoms with E-state index in [9.17, 15) is 4.79 Å². The fraction of sp³-hybridized carbons (Fsp3) is 0.611. The summed E-state index contributed by atoms with van der Waals surface area (Å²) in [7, 11) is 0. The van der Waals surface area contributed by atoms with Gasteiger partial charge in [-0.1, -0.05) is 30.7 Å². The smallest absolute Gasteiger partial charge is 0.220 e. The van der Waals surface area contributed by atoms with E-state index in [1.807, 2.05) is 24.3 Å². The van der Waals surface area contributed by atoms with Crippen molar-refractivity contribution in [2.75, 3.05) is 19.6 Å². The molecule has 1 aromatic rings. The van der Waals surface area contributed by atoms with Crippen molar-refractivity contribution in [1.29, 1.82) is 0 Å². The number of carbonyl (C=O) groups excluding carboxylic acids is 1. The Morgan fingerprint density at radius 1 is 1.32 bits per heavy atom. The van der Waals surface area contributed by atoms with Crippen molar-refractivity contribution in [3.63, 3.8) is 0 Å². The van der Waals surface area contributed by atoms with Crippen molar-refractivity contribution >= 4 is 17.5 Å². The number of hydrogen-bond acceptors (Lipinski definition) is 2. The Bertz CT molecular complexity index is 455. The molecule has 0 bridgehead atoms. The van der Waals surface area contributed by atoms with Crippen molar-refractivity contribution in [1.82, 2.24) is 10.6 Å². The van der Waals surface area contributed by atoms with Crippen LogP contribution in [0, 0.1) is 11.8 Å². The zero-order valence-electron chi connectivity index (χ0n) is 13.4. The zero-order valence-corrected chi connectivity index (χ0v) is 14.2. The monoisotopic (exact) mass is 322 g/mol. The van der Waals surface area contributed by atoms with Crippen LogP contribution in [0.3, 0.4) is 0 Å². The molecule has 0 radical (unpaired) electrons. The Labute approximate surface area is 138 Å². The molecule has 4 heteroatoms. The average Bonchev–Trinajstić information content (AvgIpc) is 2.54. The molecule has 1 aliphatic heterocycles. The summed E-state index contributed by atoms with van der Waals surface area (Å²) in [6.45, 7) is 5.15. The SMILES string of the molecule is CC(CC(=O)NCCCc1ccc(Cl)cc1)C1CCNCC1. The van der Waals surface area contributed by atoms with E-state index in [1.165, 1.54) is 18.4 Å². The highest BCUT2D eigenvalue weighted by Crippen LogP contribution is 2.24. The summed E-state index contributed by atoms with van der Waals surface area (Å²) in [4.78, 5) is 12.0. The van der Waals surface area contributed by atoms with Gasteiger partial charge >= 0.3 is 0 Å². The van der Waals surface area contributed by atoms with E-state index < -0.39 is 0 Å². The highest BCUT2D eigenvalue weighted by atomic mass is 35.5. The lowest BCUT2D eigenvalue weighted by atomic mass is 9.84. The summed E-state index contributed by atoms with van der Waals surface area (Å²) in [6, 6.07) is 7.92. The van der Waals surface area contributed by atoms with Crippen molar-refractivity contribution < 1.29 is 4.79 Å². The fourth-order valence-corrected chi connectivity index (χ4v) is 3.24. The largest absolute Gasteiger partial charge is 0.356 e. The van der Waals surface area contributed by atoms with Gasteiger partial charge in [0.05, 0.1) is 0 Å². The number of amides is 1. The number of halogens is 1. The fourth-order valence-electron chi connectivity index (χ4n) is 3.12. The zero-order chi connectivity index (χ0) is 15.8. The Morgan fingerprint density at radius 2 is 2.00 bits per heavy atom. The van der Waals surface area contributed by atoms with E-state index in [1.54, 1.807) is 0 Å². The van der Waals surface area contributed by atoms with Crippen LogP contribution in [0.15, 0.2) is 24.3 Å². The van der Waals surface area contributed by atoms with Crippen molar-refractivity contribution in [3.05, 3.63) is 34.9 Å². The van der Waals surface area contributed by atoms with Crippen LogP contribution < -0.4 is 10.6 Å². The summed E-state index contributed by atoms with van der Waals surface area (Å²) < 4.78 is 0. The molecule has 1 aromatic carbocycles. The van der Waals surface area contributed by atoms with Crippen LogP contribution in [-0.2, 0) is 11.2 Å². The van der Waals surface area contributed by atoms with Gasteiger partial charge in [-0.2, -0.15) is 0 Å². The Kier molecular flexibility index (Phi) is 7.20. The molecule has 1 saturated heterocycles. The lowest BCUT2D eigenvalue weighted by Crippen LogP contribution is -2.33. The van der Waals surface area contributed by atoms with E-state index in [4.69, 9.17) is 11.6 Å². The molecule has 1 heterocycles. The lowest BCUT2D eigenvalue weighted by molar-refractivity contribution is -0.122. The van der Waals surface area contributed by atoms with Gasteiger partial charge in [0.25, 0.3) is 0 Å². The van der Waals surface area contributed by atoms with Crippen LogP contribution in [0.2, 0.25) is 5.02 Å². The van der Waals surface area contributed by atoms with Crippen LogP contribution in [0.1, 0.15) is 38.2 Å². The highest BCUT2D eigenvalue weighted by Gasteiger charge is 2.21. The van der Waals surface area contributed by atoms with E-state index in [2.05, 4.69) is 17.6 Å². The van der Waals surface area contributed by atoms with Crippen molar-refractivity contribution in [2.24, 2.45) is 11.8 Å². The quantitative estimate of drug-likeness (QED) is 0.755. The second kappa shape index (κ2) is 9.16. The molecule has 0 spiro atoms. The molecule has 1 unspecified atom stereocenters. The third kappa shape index (κ3) is 5.98. The molecular weight excluding hydrogens is 296 g/mol. The van der Waals surface area contributed by atoms with Gasteiger partial charge in [0, 0.05) is 18.0 Å².